The van der Waals surface area contributed by atoms with Gasteiger partial charge in [0.25, 0.3) is 11.8 Å². The maximum Gasteiger partial charge on any atom is 0.270 e. The van der Waals surface area contributed by atoms with E-state index in [1.54, 1.807) is 69.8 Å². The van der Waals surface area contributed by atoms with Crippen molar-refractivity contribution in [1.29, 1.82) is 0 Å². The third kappa shape index (κ3) is 5.03. The van der Waals surface area contributed by atoms with Gasteiger partial charge in [0.2, 0.25) is 0 Å². The Balaban J connectivity index is 1.69. The molecule has 8 heteroatoms. The van der Waals surface area contributed by atoms with Crippen LogP contribution < -0.4 is 20.1 Å². The van der Waals surface area contributed by atoms with Crippen LogP contribution in [0.15, 0.2) is 48.5 Å². The van der Waals surface area contributed by atoms with Crippen LogP contribution in [0, 0.1) is 11.8 Å². The van der Waals surface area contributed by atoms with Crippen molar-refractivity contribution in [3.8, 4) is 34.6 Å². The molecule has 2 aromatic carbocycles. The number of rotatable bonds is 6. The van der Waals surface area contributed by atoms with Crippen molar-refractivity contribution in [3.63, 3.8) is 0 Å². The van der Waals surface area contributed by atoms with Gasteiger partial charge < -0.3 is 20.1 Å². The predicted molar refractivity (Wildman–Crippen MR) is 116 cm³/mol. The van der Waals surface area contributed by atoms with Gasteiger partial charge in [-0.15, -0.1) is 0 Å². The molecule has 0 bridgehead atoms. The van der Waals surface area contributed by atoms with E-state index in [2.05, 4.69) is 32.7 Å². The quantitative estimate of drug-likeness (QED) is 0.533. The highest BCUT2D eigenvalue weighted by Crippen LogP contribution is 2.32. The molecule has 0 fully saturated rings. The van der Waals surface area contributed by atoms with Crippen LogP contribution in [-0.2, 0) is 0 Å². The van der Waals surface area contributed by atoms with Crippen LogP contribution >= 0.6 is 0 Å². The molecule has 3 aromatic rings. The molecular formula is C23H22N4O4. The van der Waals surface area contributed by atoms with Crippen LogP contribution in [0.1, 0.15) is 26.4 Å². The van der Waals surface area contributed by atoms with Gasteiger partial charge in [-0.25, -0.2) is 0 Å². The number of amides is 2. The van der Waals surface area contributed by atoms with Crippen LogP contribution in [0.25, 0.3) is 11.3 Å². The highest BCUT2D eigenvalue weighted by Gasteiger charge is 2.14. The molecule has 0 radical (unpaired) electrons. The van der Waals surface area contributed by atoms with E-state index in [1.807, 2.05) is 0 Å². The van der Waals surface area contributed by atoms with Gasteiger partial charge in [-0.3, -0.25) is 14.7 Å². The van der Waals surface area contributed by atoms with Gasteiger partial charge >= 0.3 is 0 Å². The summed E-state index contributed by atoms with van der Waals surface area (Å²) < 4.78 is 10.6. The lowest BCUT2D eigenvalue weighted by Crippen LogP contribution is -2.24. The topological polar surface area (TPSA) is 105 Å². The number of hydrogen-bond acceptors (Lipinski definition) is 5. The van der Waals surface area contributed by atoms with E-state index in [-0.39, 0.29) is 24.1 Å². The van der Waals surface area contributed by atoms with Crippen LogP contribution in [0.4, 0.5) is 0 Å². The summed E-state index contributed by atoms with van der Waals surface area (Å²) in [4.78, 5) is 24.3. The normalized spacial score (nSPS) is 9.90. The van der Waals surface area contributed by atoms with Gasteiger partial charge in [-0.05, 0) is 36.4 Å². The van der Waals surface area contributed by atoms with E-state index in [0.29, 0.717) is 33.9 Å². The van der Waals surface area contributed by atoms with Crippen molar-refractivity contribution in [2.24, 2.45) is 0 Å². The number of aromatic amines is 1. The lowest BCUT2D eigenvalue weighted by Gasteiger charge is -2.08. The van der Waals surface area contributed by atoms with Crippen molar-refractivity contribution >= 4 is 11.8 Å². The Labute approximate surface area is 180 Å². The molecule has 0 aliphatic carbocycles. The second kappa shape index (κ2) is 9.98. The predicted octanol–water partition coefficient (Wildman–Crippen LogP) is 2.23. The van der Waals surface area contributed by atoms with E-state index < -0.39 is 0 Å². The smallest absolute Gasteiger partial charge is 0.270 e. The number of aromatic nitrogens is 2. The van der Waals surface area contributed by atoms with Gasteiger partial charge in [0.15, 0.2) is 0 Å². The van der Waals surface area contributed by atoms with E-state index in [1.165, 1.54) is 0 Å². The van der Waals surface area contributed by atoms with Gasteiger partial charge in [0, 0.05) is 18.2 Å². The third-order valence-corrected chi connectivity index (χ3v) is 4.46. The maximum absolute atomic E-state index is 12.4. The Bertz CT molecular complexity index is 1160. The van der Waals surface area contributed by atoms with Gasteiger partial charge in [-0.1, -0.05) is 24.0 Å². The molecule has 2 amide bonds. The number of methoxy groups -OCH3 is 2. The van der Waals surface area contributed by atoms with Crippen molar-refractivity contribution in [3.05, 3.63) is 65.4 Å². The zero-order chi connectivity index (χ0) is 22.2. The number of ether oxygens (including phenoxy) is 2. The molecule has 31 heavy (non-hydrogen) atoms. The summed E-state index contributed by atoms with van der Waals surface area (Å²) in [5.41, 5.74) is 2.60. The highest BCUT2D eigenvalue weighted by molar-refractivity contribution is 5.96. The molecule has 1 heterocycles. The molecule has 0 aliphatic heterocycles. The molecule has 0 atom stereocenters. The lowest BCUT2D eigenvalue weighted by molar-refractivity contribution is 0.0948. The Morgan fingerprint density at radius 3 is 2.61 bits per heavy atom. The molecule has 3 rings (SSSR count). The summed E-state index contributed by atoms with van der Waals surface area (Å²) >= 11 is 0. The molecule has 158 valence electrons. The molecule has 0 saturated carbocycles. The molecule has 8 nitrogen and oxygen atoms in total. The first kappa shape index (κ1) is 21.5. The van der Waals surface area contributed by atoms with Crippen molar-refractivity contribution in [2.45, 2.75) is 0 Å². The van der Waals surface area contributed by atoms with Gasteiger partial charge in [0.1, 0.15) is 17.2 Å². The average Bonchev–Trinajstić information content (AvgIpc) is 3.31. The molecule has 0 spiro atoms. The van der Waals surface area contributed by atoms with Crippen molar-refractivity contribution in [1.82, 2.24) is 20.8 Å². The highest BCUT2D eigenvalue weighted by atomic mass is 16.5. The second-order valence-electron chi connectivity index (χ2n) is 6.34. The minimum Gasteiger partial charge on any atom is -0.497 e. The molecule has 1 aromatic heterocycles. The first-order valence-corrected chi connectivity index (χ1v) is 9.43. The summed E-state index contributed by atoms with van der Waals surface area (Å²) in [6.45, 7) is 0.109. The van der Waals surface area contributed by atoms with Crippen molar-refractivity contribution in [2.75, 3.05) is 27.8 Å². The standard InChI is InChI=1S/C23H22N4O4/c1-24-22(28)17-9-5-4-7-15(17)8-6-12-25-23(29)20-14-19(26-27-20)18-13-16(30-2)10-11-21(18)31-3/h4-5,7,9-11,13-14H,12H2,1-3H3,(H,24,28)(H,25,29)(H,26,27). The Morgan fingerprint density at radius 1 is 1.06 bits per heavy atom. The summed E-state index contributed by atoms with van der Waals surface area (Å²) in [5, 5.41) is 12.2. The fourth-order valence-electron chi connectivity index (χ4n) is 2.87. The number of H-pyrrole nitrogens is 1. The Morgan fingerprint density at radius 2 is 1.87 bits per heavy atom. The number of nitrogens with one attached hydrogen (secondary N) is 3. The van der Waals surface area contributed by atoms with Crippen LogP contribution in [-0.4, -0.2) is 49.8 Å². The Kier molecular flexibility index (Phi) is 6.91. The zero-order valence-corrected chi connectivity index (χ0v) is 17.4. The van der Waals surface area contributed by atoms with Crippen molar-refractivity contribution < 1.29 is 19.1 Å². The monoisotopic (exact) mass is 418 g/mol. The van der Waals surface area contributed by atoms with Gasteiger partial charge in [0.05, 0.1) is 32.0 Å². The lowest BCUT2D eigenvalue weighted by atomic mass is 10.1. The summed E-state index contributed by atoms with van der Waals surface area (Å²) in [7, 11) is 4.70. The third-order valence-electron chi connectivity index (χ3n) is 4.46. The molecule has 0 saturated heterocycles. The number of nitrogens with zero attached hydrogens (tertiary/aromatic N) is 1. The summed E-state index contributed by atoms with van der Waals surface area (Å²) in [5.74, 6) is 6.47. The first-order valence-electron chi connectivity index (χ1n) is 9.43. The largest absolute Gasteiger partial charge is 0.497 e. The van der Waals surface area contributed by atoms with E-state index in [4.69, 9.17) is 9.47 Å². The van der Waals surface area contributed by atoms with E-state index in [0.717, 1.165) is 0 Å². The minimum absolute atomic E-state index is 0.109. The number of carbonyl (C=O) groups is 2. The second-order valence-corrected chi connectivity index (χ2v) is 6.34. The van der Waals surface area contributed by atoms with Crippen LogP contribution in [0.3, 0.4) is 0 Å². The maximum atomic E-state index is 12.4. The zero-order valence-electron chi connectivity index (χ0n) is 17.4. The summed E-state index contributed by atoms with van der Waals surface area (Å²) in [6.07, 6.45) is 0. The number of hydrogen-bond donors (Lipinski definition) is 3. The fourth-order valence-corrected chi connectivity index (χ4v) is 2.87. The Hall–Kier alpha value is -4.25. The van der Waals surface area contributed by atoms with E-state index in [9.17, 15) is 9.59 Å². The SMILES string of the molecule is CNC(=O)c1ccccc1C#CCNC(=O)c1cc(-c2cc(OC)ccc2OC)n[nH]1. The molecule has 3 N–H and O–H groups in total. The number of carbonyl (C=O) groups excluding carboxylic acids is 2. The fraction of sp³-hybridized carbons (Fsp3) is 0.174. The van der Waals surface area contributed by atoms with Crippen LogP contribution in [0.2, 0.25) is 0 Å². The van der Waals surface area contributed by atoms with E-state index >= 15 is 0 Å². The van der Waals surface area contributed by atoms with Gasteiger partial charge in [-0.2, -0.15) is 5.10 Å². The molecule has 0 unspecified atom stereocenters. The van der Waals surface area contributed by atoms with Crippen LogP contribution in [0.5, 0.6) is 11.5 Å². The number of benzene rings is 2. The minimum atomic E-state index is -0.352. The molecular weight excluding hydrogens is 396 g/mol. The summed E-state index contributed by atoms with van der Waals surface area (Å²) in [6, 6.07) is 14.0. The molecule has 0 aliphatic rings. The average molecular weight is 418 g/mol. The first-order chi connectivity index (χ1) is 15.1.